The number of aliphatic hydroxyl groups is 1. The van der Waals surface area contributed by atoms with Gasteiger partial charge in [-0.3, -0.25) is 14.9 Å². The van der Waals surface area contributed by atoms with Crippen LogP contribution in [0, 0.1) is 17.0 Å². The second kappa shape index (κ2) is 5.36. The summed E-state index contributed by atoms with van der Waals surface area (Å²) in [5.74, 6) is -0.363. The molecule has 0 bridgehead atoms. The van der Waals surface area contributed by atoms with Crippen LogP contribution in [0.5, 0.6) is 0 Å². The summed E-state index contributed by atoms with van der Waals surface area (Å²) < 4.78 is 0. The zero-order chi connectivity index (χ0) is 14.8. The minimum absolute atomic E-state index is 0.0520. The van der Waals surface area contributed by atoms with Gasteiger partial charge in [0.15, 0.2) is 0 Å². The van der Waals surface area contributed by atoms with Crippen LogP contribution in [-0.4, -0.2) is 27.6 Å². The Kier molecular flexibility index (Phi) is 4.26. The van der Waals surface area contributed by atoms with Gasteiger partial charge in [0.05, 0.1) is 16.6 Å². The van der Waals surface area contributed by atoms with Gasteiger partial charge in [0.1, 0.15) is 0 Å². The number of hydrogen-bond acceptors (Lipinski definition) is 4. The van der Waals surface area contributed by atoms with Gasteiger partial charge >= 0.3 is 0 Å². The largest absolute Gasteiger partial charge is 0.391 e. The second-order valence-electron chi connectivity index (χ2n) is 5.11. The average Bonchev–Trinajstić information content (AvgIpc) is 2.27. The highest BCUT2D eigenvalue weighted by atomic mass is 16.6. The molecule has 0 aromatic heterocycles. The molecule has 1 rings (SSSR count). The van der Waals surface area contributed by atoms with Crippen LogP contribution in [-0.2, 0) is 0 Å². The quantitative estimate of drug-likeness (QED) is 0.642. The number of rotatable bonds is 4. The maximum absolute atomic E-state index is 12.1. The van der Waals surface area contributed by atoms with Crippen LogP contribution < -0.4 is 5.32 Å². The van der Waals surface area contributed by atoms with Crippen molar-refractivity contribution in [3.05, 3.63) is 39.4 Å². The van der Waals surface area contributed by atoms with E-state index in [1.54, 1.807) is 27.7 Å². The van der Waals surface area contributed by atoms with Crippen LogP contribution in [0.1, 0.15) is 36.7 Å². The molecule has 1 atom stereocenters. The van der Waals surface area contributed by atoms with Crippen molar-refractivity contribution in [2.45, 2.75) is 39.3 Å². The SMILES string of the molecule is Cc1cc([N+](=O)[O-])ccc1C(=O)NC(C)(C)C(C)O. The Morgan fingerprint density at radius 3 is 2.47 bits per heavy atom. The molecule has 0 fully saturated rings. The Morgan fingerprint density at radius 1 is 1.47 bits per heavy atom. The first kappa shape index (κ1) is 15.1. The van der Waals surface area contributed by atoms with E-state index < -0.39 is 16.6 Å². The molecule has 1 aromatic carbocycles. The molecule has 1 amide bonds. The number of nitro benzene ring substituents is 1. The van der Waals surface area contributed by atoms with E-state index in [0.29, 0.717) is 11.1 Å². The summed E-state index contributed by atoms with van der Waals surface area (Å²) in [5, 5.41) is 22.9. The molecule has 0 radical (unpaired) electrons. The lowest BCUT2D eigenvalue weighted by Crippen LogP contribution is -2.51. The van der Waals surface area contributed by atoms with Gasteiger partial charge in [-0.2, -0.15) is 0 Å². The predicted molar refractivity (Wildman–Crippen MR) is 71.1 cm³/mol. The molecule has 0 aliphatic carbocycles. The fourth-order valence-electron chi connectivity index (χ4n) is 1.48. The van der Waals surface area contributed by atoms with Gasteiger partial charge in [0, 0.05) is 17.7 Å². The highest BCUT2D eigenvalue weighted by molar-refractivity contribution is 5.96. The number of aryl methyl sites for hydroxylation is 1. The van der Waals surface area contributed by atoms with E-state index in [9.17, 15) is 20.0 Å². The molecule has 0 saturated heterocycles. The third-order valence-corrected chi connectivity index (χ3v) is 3.15. The fourth-order valence-corrected chi connectivity index (χ4v) is 1.48. The summed E-state index contributed by atoms with van der Waals surface area (Å²) >= 11 is 0. The number of non-ortho nitro benzene ring substituents is 1. The van der Waals surface area contributed by atoms with Gasteiger partial charge < -0.3 is 10.4 Å². The average molecular weight is 266 g/mol. The maximum atomic E-state index is 12.1. The number of nitrogens with zero attached hydrogens (tertiary/aromatic N) is 1. The first-order chi connectivity index (χ1) is 8.65. The first-order valence-electron chi connectivity index (χ1n) is 5.91. The second-order valence-corrected chi connectivity index (χ2v) is 5.11. The maximum Gasteiger partial charge on any atom is 0.269 e. The zero-order valence-corrected chi connectivity index (χ0v) is 11.4. The van der Waals surface area contributed by atoms with Crippen LogP contribution in [0.15, 0.2) is 18.2 Å². The van der Waals surface area contributed by atoms with Crippen molar-refractivity contribution in [2.24, 2.45) is 0 Å². The molecule has 1 aromatic rings. The number of aliphatic hydroxyl groups excluding tert-OH is 1. The number of nitrogens with one attached hydrogen (secondary N) is 1. The zero-order valence-electron chi connectivity index (χ0n) is 11.4. The summed E-state index contributed by atoms with van der Waals surface area (Å²) in [6, 6.07) is 4.06. The molecule has 0 spiro atoms. The smallest absolute Gasteiger partial charge is 0.269 e. The lowest BCUT2D eigenvalue weighted by atomic mass is 9.97. The topological polar surface area (TPSA) is 92.5 Å². The molecule has 0 aliphatic heterocycles. The third kappa shape index (κ3) is 3.51. The Bertz CT molecular complexity index is 509. The van der Waals surface area contributed by atoms with E-state index in [0.717, 1.165) is 0 Å². The van der Waals surface area contributed by atoms with Gasteiger partial charge in [-0.25, -0.2) is 0 Å². The molecule has 0 heterocycles. The van der Waals surface area contributed by atoms with Crippen molar-refractivity contribution in [2.75, 3.05) is 0 Å². The highest BCUT2D eigenvalue weighted by Gasteiger charge is 2.27. The number of amides is 1. The Labute approximate surface area is 111 Å². The van der Waals surface area contributed by atoms with Crippen LogP contribution in [0.3, 0.4) is 0 Å². The van der Waals surface area contributed by atoms with Gasteiger partial charge in [0.2, 0.25) is 0 Å². The summed E-state index contributed by atoms with van der Waals surface area (Å²) in [4.78, 5) is 22.2. The molecule has 0 saturated carbocycles. The van der Waals surface area contributed by atoms with Crippen molar-refractivity contribution < 1.29 is 14.8 Å². The number of hydrogen-bond donors (Lipinski definition) is 2. The van der Waals surface area contributed by atoms with Crippen LogP contribution >= 0.6 is 0 Å². The predicted octanol–water partition coefficient (Wildman–Crippen LogP) is 1.79. The number of carbonyl (C=O) groups is 1. The fraction of sp³-hybridized carbons (Fsp3) is 0.462. The molecule has 1 unspecified atom stereocenters. The van der Waals surface area contributed by atoms with Crippen LogP contribution in [0.25, 0.3) is 0 Å². The first-order valence-corrected chi connectivity index (χ1v) is 5.91. The Morgan fingerprint density at radius 2 is 2.05 bits per heavy atom. The highest BCUT2D eigenvalue weighted by Crippen LogP contribution is 2.18. The van der Waals surface area contributed by atoms with Gasteiger partial charge in [-0.05, 0) is 39.3 Å². The van der Waals surface area contributed by atoms with E-state index in [2.05, 4.69) is 5.32 Å². The van der Waals surface area contributed by atoms with Crippen molar-refractivity contribution in [3.8, 4) is 0 Å². The summed E-state index contributed by atoms with van der Waals surface area (Å²) in [6.45, 7) is 6.63. The van der Waals surface area contributed by atoms with Gasteiger partial charge in [-0.15, -0.1) is 0 Å². The molecular formula is C13H18N2O4. The normalized spacial score (nSPS) is 12.9. The third-order valence-electron chi connectivity index (χ3n) is 3.15. The van der Waals surface area contributed by atoms with Crippen molar-refractivity contribution in [3.63, 3.8) is 0 Å². The molecule has 19 heavy (non-hydrogen) atoms. The summed E-state index contributed by atoms with van der Waals surface area (Å²) in [6.07, 6.45) is -0.713. The van der Waals surface area contributed by atoms with Gasteiger partial charge in [-0.1, -0.05) is 0 Å². The van der Waals surface area contributed by atoms with Gasteiger partial charge in [0.25, 0.3) is 11.6 Å². The monoisotopic (exact) mass is 266 g/mol. The van der Waals surface area contributed by atoms with Crippen molar-refractivity contribution in [1.29, 1.82) is 0 Å². The van der Waals surface area contributed by atoms with Crippen LogP contribution in [0.2, 0.25) is 0 Å². The van der Waals surface area contributed by atoms with Crippen LogP contribution in [0.4, 0.5) is 5.69 Å². The molecular weight excluding hydrogens is 248 g/mol. The lowest BCUT2D eigenvalue weighted by molar-refractivity contribution is -0.384. The number of carbonyl (C=O) groups excluding carboxylic acids is 1. The Hall–Kier alpha value is -1.95. The Balaban J connectivity index is 2.99. The van der Waals surface area contributed by atoms with Crippen molar-refractivity contribution in [1.82, 2.24) is 5.32 Å². The number of benzene rings is 1. The minimum atomic E-state index is -0.773. The molecule has 2 N–H and O–H groups in total. The summed E-state index contributed by atoms with van der Waals surface area (Å²) in [5.41, 5.74) is 0.0573. The molecule has 6 heteroatoms. The van der Waals surface area contributed by atoms with E-state index in [1.165, 1.54) is 18.2 Å². The minimum Gasteiger partial charge on any atom is -0.391 e. The van der Waals surface area contributed by atoms with E-state index in [-0.39, 0.29) is 11.6 Å². The van der Waals surface area contributed by atoms with E-state index in [4.69, 9.17) is 0 Å². The van der Waals surface area contributed by atoms with E-state index >= 15 is 0 Å². The lowest BCUT2D eigenvalue weighted by Gasteiger charge is -2.29. The summed E-state index contributed by atoms with van der Waals surface area (Å²) in [7, 11) is 0. The standard InChI is InChI=1S/C13H18N2O4/c1-8-7-10(15(18)19)5-6-11(8)12(17)14-13(3,4)9(2)16/h5-7,9,16H,1-4H3,(H,14,17). The molecule has 0 aliphatic rings. The van der Waals surface area contributed by atoms with Crippen molar-refractivity contribution >= 4 is 11.6 Å². The van der Waals surface area contributed by atoms with E-state index in [1.807, 2.05) is 0 Å². The molecule has 104 valence electrons. The number of nitro groups is 1. The molecule has 6 nitrogen and oxygen atoms in total.